The van der Waals surface area contributed by atoms with Crippen LogP contribution in [0.5, 0.6) is 0 Å². The lowest BCUT2D eigenvalue weighted by molar-refractivity contribution is -0.144. The average Bonchev–Trinajstić information content (AvgIpc) is 2.55. The van der Waals surface area contributed by atoms with Gasteiger partial charge in [0.1, 0.15) is 0 Å². The molecular weight excluding hydrogens is 308 g/mol. The van der Waals surface area contributed by atoms with Crippen LogP contribution in [0.25, 0.3) is 0 Å². The summed E-state index contributed by atoms with van der Waals surface area (Å²) in [5.74, 6) is -2.29. The summed E-state index contributed by atoms with van der Waals surface area (Å²) in [6, 6.07) is 5.16. The van der Waals surface area contributed by atoms with E-state index in [2.05, 4.69) is 5.32 Å². The predicted octanol–water partition coefficient (Wildman–Crippen LogP) is 2.48. The number of halogens is 2. The minimum Gasteiger partial charge on any atom is -0.481 e. The number of carbonyl (C=O) groups is 2. The number of amides is 1. The highest BCUT2D eigenvalue weighted by Gasteiger charge is 2.30. The number of carbonyl (C=O) groups excluding carboxylic acids is 1. The highest BCUT2D eigenvalue weighted by atomic mass is 19.3. The van der Waals surface area contributed by atoms with Gasteiger partial charge in [0.2, 0.25) is 0 Å². The Bertz CT molecular complexity index is 559. The molecule has 2 rings (SSSR count). The van der Waals surface area contributed by atoms with Crippen LogP contribution in [-0.4, -0.2) is 36.7 Å². The molecule has 5 nitrogen and oxygen atoms in total. The van der Waals surface area contributed by atoms with Gasteiger partial charge in [-0.25, -0.2) is 8.78 Å². The van der Waals surface area contributed by atoms with Crippen LogP contribution < -0.4 is 5.32 Å². The number of carboxylic acids is 1. The topological polar surface area (TPSA) is 75.6 Å². The maximum atomic E-state index is 12.7. The highest BCUT2D eigenvalue weighted by molar-refractivity contribution is 5.94. The first kappa shape index (κ1) is 17.3. The van der Waals surface area contributed by atoms with Gasteiger partial charge in [0.15, 0.2) is 0 Å². The van der Waals surface area contributed by atoms with Crippen LogP contribution in [-0.2, 0) is 9.53 Å². The summed E-state index contributed by atoms with van der Waals surface area (Å²) in [4.78, 5) is 23.5. The van der Waals surface area contributed by atoms with Crippen molar-refractivity contribution < 1.29 is 28.2 Å². The molecule has 1 aliphatic heterocycles. The summed E-state index contributed by atoms with van der Waals surface area (Å²) >= 11 is 0. The van der Waals surface area contributed by atoms with E-state index in [0.717, 1.165) is 6.07 Å². The molecule has 1 heterocycles. The fourth-order valence-corrected chi connectivity index (χ4v) is 2.69. The fraction of sp³-hybridized carbons (Fsp3) is 0.500. The number of ether oxygens (including phenoxy) is 1. The number of nitrogens with one attached hydrogen (secondary N) is 1. The van der Waals surface area contributed by atoms with Gasteiger partial charge < -0.3 is 15.2 Å². The molecule has 1 atom stereocenters. The van der Waals surface area contributed by atoms with E-state index in [1.54, 1.807) is 0 Å². The van der Waals surface area contributed by atoms with E-state index in [1.165, 1.54) is 18.2 Å². The van der Waals surface area contributed by atoms with Gasteiger partial charge in [-0.2, -0.15) is 0 Å². The maximum Gasteiger partial charge on any atom is 0.308 e. The van der Waals surface area contributed by atoms with Crippen LogP contribution in [0.2, 0.25) is 0 Å². The summed E-state index contributed by atoms with van der Waals surface area (Å²) in [6.07, 6.45) is -1.39. The Balaban J connectivity index is 1.98. The number of rotatable bonds is 6. The number of hydrogen-bond donors (Lipinski definition) is 2. The molecule has 0 spiro atoms. The van der Waals surface area contributed by atoms with E-state index in [-0.39, 0.29) is 23.6 Å². The second-order valence-electron chi connectivity index (χ2n) is 5.53. The number of carboxylic acid groups (broad SMARTS) is 1. The van der Waals surface area contributed by atoms with Crippen LogP contribution in [0, 0.1) is 11.8 Å². The number of hydrogen-bond acceptors (Lipinski definition) is 3. The minimum atomic E-state index is -2.66. The highest BCUT2D eigenvalue weighted by Crippen LogP contribution is 2.24. The number of aliphatic carboxylic acids is 1. The van der Waals surface area contributed by atoms with Gasteiger partial charge in [-0.15, -0.1) is 0 Å². The standard InChI is InChI=1S/C16H19F2NO4/c17-14(18)11-2-1-3-12(8-11)15(20)19-9-13(16(21)22)10-4-6-23-7-5-10/h1-3,8,10,13-14H,4-7,9H2,(H,19,20)(H,21,22). The molecule has 0 saturated carbocycles. The summed E-state index contributed by atoms with van der Waals surface area (Å²) in [5.41, 5.74) is -0.143. The molecule has 0 bridgehead atoms. The summed E-state index contributed by atoms with van der Waals surface area (Å²) in [6.45, 7) is 0.995. The Hall–Kier alpha value is -2.02. The molecule has 23 heavy (non-hydrogen) atoms. The molecule has 0 aliphatic carbocycles. The van der Waals surface area contributed by atoms with Gasteiger partial charge in [0, 0.05) is 30.9 Å². The SMILES string of the molecule is O=C(NCC(C(=O)O)C1CCOCC1)c1cccc(C(F)F)c1. The number of alkyl halides is 2. The zero-order valence-corrected chi connectivity index (χ0v) is 12.5. The van der Waals surface area contributed by atoms with Crippen molar-refractivity contribution in [1.82, 2.24) is 5.32 Å². The van der Waals surface area contributed by atoms with Crippen molar-refractivity contribution >= 4 is 11.9 Å². The maximum absolute atomic E-state index is 12.7. The molecule has 0 aromatic heterocycles. The summed E-state index contributed by atoms with van der Waals surface area (Å²) in [7, 11) is 0. The molecule has 2 N–H and O–H groups in total. The lowest BCUT2D eigenvalue weighted by Crippen LogP contribution is -2.39. The van der Waals surface area contributed by atoms with Gasteiger partial charge >= 0.3 is 5.97 Å². The fourth-order valence-electron chi connectivity index (χ4n) is 2.69. The van der Waals surface area contributed by atoms with Gasteiger partial charge in [0.05, 0.1) is 5.92 Å². The molecule has 0 radical (unpaired) electrons. The Morgan fingerprint density at radius 2 is 2.00 bits per heavy atom. The van der Waals surface area contributed by atoms with E-state index in [0.29, 0.717) is 26.1 Å². The van der Waals surface area contributed by atoms with Crippen LogP contribution in [0.3, 0.4) is 0 Å². The average molecular weight is 327 g/mol. The molecule has 1 aromatic carbocycles. The lowest BCUT2D eigenvalue weighted by Gasteiger charge is -2.27. The van der Waals surface area contributed by atoms with E-state index < -0.39 is 24.2 Å². The van der Waals surface area contributed by atoms with Crippen LogP contribution in [0.1, 0.15) is 35.2 Å². The first-order valence-electron chi connectivity index (χ1n) is 7.46. The van der Waals surface area contributed by atoms with Crippen molar-refractivity contribution in [1.29, 1.82) is 0 Å². The lowest BCUT2D eigenvalue weighted by atomic mass is 9.86. The third-order valence-electron chi connectivity index (χ3n) is 4.04. The van der Waals surface area contributed by atoms with Crippen LogP contribution >= 0.6 is 0 Å². The van der Waals surface area contributed by atoms with Gasteiger partial charge in [-0.1, -0.05) is 12.1 Å². The van der Waals surface area contributed by atoms with Crippen molar-refractivity contribution in [3.05, 3.63) is 35.4 Å². The molecule has 1 fully saturated rings. The Morgan fingerprint density at radius 3 is 2.61 bits per heavy atom. The van der Waals surface area contributed by atoms with Crippen LogP contribution in [0.15, 0.2) is 24.3 Å². The smallest absolute Gasteiger partial charge is 0.308 e. The molecule has 1 aliphatic rings. The molecule has 1 saturated heterocycles. The number of benzene rings is 1. The Labute approximate surface area is 132 Å². The quantitative estimate of drug-likeness (QED) is 0.842. The van der Waals surface area contributed by atoms with Crippen molar-refractivity contribution in [3.8, 4) is 0 Å². The molecule has 7 heteroatoms. The van der Waals surface area contributed by atoms with E-state index in [4.69, 9.17) is 4.74 Å². The minimum absolute atomic E-state index is 0.0300. The van der Waals surface area contributed by atoms with Crippen molar-refractivity contribution in [2.75, 3.05) is 19.8 Å². The van der Waals surface area contributed by atoms with Crippen molar-refractivity contribution in [2.45, 2.75) is 19.3 Å². The van der Waals surface area contributed by atoms with Gasteiger partial charge in [-0.3, -0.25) is 9.59 Å². The van der Waals surface area contributed by atoms with Crippen molar-refractivity contribution in [3.63, 3.8) is 0 Å². The van der Waals surface area contributed by atoms with Gasteiger partial charge in [-0.05, 0) is 30.9 Å². The third-order valence-corrected chi connectivity index (χ3v) is 4.04. The Morgan fingerprint density at radius 1 is 1.30 bits per heavy atom. The summed E-state index contributed by atoms with van der Waals surface area (Å²) in [5, 5.41) is 11.9. The van der Waals surface area contributed by atoms with Crippen molar-refractivity contribution in [2.24, 2.45) is 11.8 Å². The molecule has 126 valence electrons. The third kappa shape index (κ3) is 4.72. The van der Waals surface area contributed by atoms with E-state index in [1.807, 2.05) is 0 Å². The largest absolute Gasteiger partial charge is 0.481 e. The Kier molecular flexibility index (Phi) is 6.04. The monoisotopic (exact) mass is 327 g/mol. The predicted molar refractivity (Wildman–Crippen MR) is 78.4 cm³/mol. The summed E-state index contributed by atoms with van der Waals surface area (Å²) < 4.78 is 30.5. The molecule has 1 aromatic rings. The van der Waals surface area contributed by atoms with E-state index >= 15 is 0 Å². The van der Waals surface area contributed by atoms with Crippen LogP contribution in [0.4, 0.5) is 8.78 Å². The normalized spacial score (nSPS) is 17.0. The van der Waals surface area contributed by atoms with Gasteiger partial charge in [0.25, 0.3) is 12.3 Å². The molecule has 1 unspecified atom stereocenters. The zero-order chi connectivity index (χ0) is 16.8. The first-order valence-corrected chi connectivity index (χ1v) is 7.46. The second kappa shape index (κ2) is 8.01. The van der Waals surface area contributed by atoms with E-state index in [9.17, 15) is 23.5 Å². The molecular formula is C16H19F2NO4. The molecule has 1 amide bonds. The first-order chi connectivity index (χ1) is 11.0. The second-order valence-corrected chi connectivity index (χ2v) is 5.53. The zero-order valence-electron chi connectivity index (χ0n) is 12.5.